The van der Waals surface area contributed by atoms with Gasteiger partial charge in [-0.1, -0.05) is 48.5 Å². The summed E-state index contributed by atoms with van der Waals surface area (Å²) in [6, 6.07) is 19.8. The summed E-state index contributed by atoms with van der Waals surface area (Å²) < 4.78 is 0. The van der Waals surface area contributed by atoms with Crippen LogP contribution in [-0.2, 0) is 6.42 Å². The summed E-state index contributed by atoms with van der Waals surface area (Å²) in [6.07, 6.45) is 0.668. The van der Waals surface area contributed by atoms with E-state index < -0.39 is 0 Å². The predicted molar refractivity (Wildman–Crippen MR) is 73.8 cm³/mol. The minimum Gasteiger partial charge on any atom is -0.322 e. The molecule has 2 heteroatoms. The van der Waals surface area contributed by atoms with Gasteiger partial charge in [0.05, 0.1) is 0 Å². The van der Waals surface area contributed by atoms with Crippen molar-refractivity contribution in [3.63, 3.8) is 0 Å². The topological polar surface area (TPSA) is 32.9 Å². The van der Waals surface area contributed by atoms with Crippen LogP contribution in [0.15, 0.2) is 65.5 Å². The van der Waals surface area contributed by atoms with Crippen molar-refractivity contribution in [2.24, 2.45) is 0 Å². The second kappa shape index (κ2) is 4.49. The molecular formula is C16H13NO. The molecule has 0 bridgehead atoms. The highest BCUT2D eigenvalue weighted by Crippen LogP contribution is 2.12. The number of para-hydroxylation sites is 1. The number of hydrogen-bond donors (Lipinski definition) is 1. The molecule has 0 aliphatic rings. The molecule has 0 amide bonds. The van der Waals surface area contributed by atoms with Gasteiger partial charge in [0.25, 0.3) is 5.56 Å². The molecule has 1 aromatic heterocycles. The molecule has 88 valence electrons. The highest BCUT2D eigenvalue weighted by molar-refractivity contribution is 5.78. The van der Waals surface area contributed by atoms with E-state index in [1.54, 1.807) is 0 Å². The van der Waals surface area contributed by atoms with Crippen molar-refractivity contribution in [1.82, 2.24) is 4.98 Å². The molecule has 0 saturated heterocycles. The smallest absolute Gasteiger partial charge is 0.251 e. The van der Waals surface area contributed by atoms with Crippen molar-refractivity contribution >= 4 is 10.9 Å². The third kappa shape index (κ3) is 2.05. The van der Waals surface area contributed by atoms with Gasteiger partial charge < -0.3 is 4.98 Å². The molecule has 0 spiro atoms. The van der Waals surface area contributed by atoms with Crippen LogP contribution in [0.5, 0.6) is 0 Å². The second-order valence-corrected chi connectivity index (χ2v) is 4.37. The Hall–Kier alpha value is -2.35. The first-order valence-corrected chi connectivity index (χ1v) is 5.98. The van der Waals surface area contributed by atoms with Crippen LogP contribution in [0.4, 0.5) is 0 Å². The van der Waals surface area contributed by atoms with Gasteiger partial charge in [0.15, 0.2) is 0 Å². The molecule has 1 heterocycles. The monoisotopic (exact) mass is 235 g/mol. The molecule has 0 unspecified atom stereocenters. The third-order valence-corrected chi connectivity index (χ3v) is 3.07. The lowest BCUT2D eigenvalue weighted by Crippen LogP contribution is -2.12. The maximum absolute atomic E-state index is 12.0. The zero-order valence-corrected chi connectivity index (χ0v) is 9.89. The quantitative estimate of drug-likeness (QED) is 0.727. The Morgan fingerprint density at radius 3 is 2.44 bits per heavy atom. The highest BCUT2D eigenvalue weighted by Gasteiger charge is 2.03. The Labute approximate surface area is 105 Å². The average Bonchev–Trinajstić information content (AvgIpc) is 2.41. The van der Waals surface area contributed by atoms with Crippen LogP contribution in [0.1, 0.15) is 11.1 Å². The number of benzene rings is 2. The van der Waals surface area contributed by atoms with Crippen LogP contribution in [0, 0.1) is 0 Å². The van der Waals surface area contributed by atoms with Gasteiger partial charge >= 0.3 is 0 Å². The second-order valence-electron chi connectivity index (χ2n) is 4.37. The van der Waals surface area contributed by atoms with Crippen molar-refractivity contribution in [2.75, 3.05) is 0 Å². The summed E-state index contributed by atoms with van der Waals surface area (Å²) in [4.78, 5) is 14.9. The van der Waals surface area contributed by atoms with Gasteiger partial charge in [0.1, 0.15) is 0 Å². The van der Waals surface area contributed by atoms with Gasteiger partial charge in [-0.15, -0.1) is 0 Å². The first-order valence-electron chi connectivity index (χ1n) is 5.98. The number of rotatable bonds is 2. The molecule has 0 atom stereocenters. The number of fused-ring (bicyclic) bond motifs is 1. The maximum Gasteiger partial charge on any atom is 0.251 e. The van der Waals surface area contributed by atoms with E-state index in [9.17, 15) is 4.79 Å². The van der Waals surface area contributed by atoms with Gasteiger partial charge in [-0.25, -0.2) is 0 Å². The van der Waals surface area contributed by atoms with Crippen molar-refractivity contribution in [3.8, 4) is 0 Å². The summed E-state index contributed by atoms with van der Waals surface area (Å²) >= 11 is 0. The Morgan fingerprint density at radius 2 is 1.61 bits per heavy atom. The fourth-order valence-corrected chi connectivity index (χ4v) is 2.14. The zero-order valence-electron chi connectivity index (χ0n) is 9.89. The summed E-state index contributed by atoms with van der Waals surface area (Å²) in [5.74, 6) is 0. The molecule has 18 heavy (non-hydrogen) atoms. The Kier molecular flexibility index (Phi) is 2.69. The van der Waals surface area contributed by atoms with Crippen LogP contribution in [0.25, 0.3) is 10.9 Å². The number of H-pyrrole nitrogens is 1. The van der Waals surface area contributed by atoms with Gasteiger partial charge in [0, 0.05) is 17.5 Å². The molecule has 0 aliphatic heterocycles. The molecule has 0 fully saturated rings. The summed E-state index contributed by atoms with van der Waals surface area (Å²) in [7, 11) is 0. The first kappa shape index (κ1) is 10.8. The molecule has 1 N–H and O–H groups in total. The minimum absolute atomic E-state index is 0.00227. The normalized spacial score (nSPS) is 10.7. The molecule has 2 aromatic carbocycles. The van der Waals surface area contributed by atoms with Crippen molar-refractivity contribution in [3.05, 3.63) is 82.1 Å². The summed E-state index contributed by atoms with van der Waals surface area (Å²) in [5, 5.41) is 1.07. The largest absolute Gasteiger partial charge is 0.322 e. The number of aromatic nitrogens is 1. The maximum atomic E-state index is 12.0. The summed E-state index contributed by atoms with van der Waals surface area (Å²) in [5.41, 5.74) is 2.84. The molecule has 0 saturated carbocycles. The predicted octanol–water partition coefficient (Wildman–Crippen LogP) is 3.12. The van der Waals surface area contributed by atoms with Crippen LogP contribution < -0.4 is 5.56 Å². The fraction of sp³-hybridized carbons (Fsp3) is 0.0625. The lowest BCUT2D eigenvalue weighted by molar-refractivity contribution is 1.12. The Balaban J connectivity index is 2.07. The fourth-order valence-electron chi connectivity index (χ4n) is 2.14. The summed E-state index contributed by atoms with van der Waals surface area (Å²) in [6.45, 7) is 0. The molecule has 3 rings (SSSR count). The van der Waals surface area contributed by atoms with Gasteiger partial charge in [-0.2, -0.15) is 0 Å². The number of hydrogen-bond acceptors (Lipinski definition) is 1. The zero-order chi connectivity index (χ0) is 12.4. The average molecular weight is 235 g/mol. The standard InChI is InChI=1S/C16H13NO/c18-16-14(10-12-6-2-1-3-7-12)11-13-8-4-5-9-15(13)17-16/h1-9,11H,10H2,(H,17,18). The van der Waals surface area contributed by atoms with E-state index in [0.717, 1.165) is 22.0 Å². The van der Waals surface area contributed by atoms with Crippen LogP contribution in [0.3, 0.4) is 0 Å². The van der Waals surface area contributed by atoms with E-state index in [1.165, 1.54) is 0 Å². The van der Waals surface area contributed by atoms with Crippen LogP contribution in [-0.4, -0.2) is 4.98 Å². The van der Waals surface area contributed by atoms with E-state index in [0.29, 0.717) is 6.42 Å². The molecule has 0 aliphatic carbocycles. The highest BCUT2D eigenvalue weighted by atomic mass is 16.1. The number of aromatic amines is 1. The first-order chi connectivity index (χ1) is 8.83. The van der Waals surface area contributed by atoms with E-state index in [4.69, 9.17) is 0 Å². The van der Waals surface area contributed by atoms with Gasteiger partial charge in [0.2, 0.25) is 0 Å². The van der Waals surface area contributed by atoms with E-state index >= 15 is 0 Å². The number of pyridine rings is 1. The van der Waals surface area contributed by atoms with E-state index in [-0.39, 0.29) is 5.56 Å². The lowest BCUT2D eigenvalue weighted by atomic mass is 10.0. The SMILES string of the molecule is O=c1[nH]c2ccccc2cc1Cc1ccccc1. The third-order valence-electron chi connectivity index (χ3n) is 3.07. The molecule has 2 nitrogen and oxygen atoms in total. The Bertz CT molecular complexity index is 729. The van der Waals surface area contributed by atoms with E-state index in [2.05, 4.69) is 4.98 Å². The molecular weight excluding hydrogens is 222 g/mol. The van der Waals surface area contributed by atoms with Gasteiger partial charge in [-0.3, -0.25) is 4.79 Å². The van der Waals surface area contributed by atoms with Crippen molar-refractivity contribution in [1.29, 1.82) is 0 Å². The van der Waals surface area contributed by atoms with Crippen molar-refractivity contribution in [2.45, 2.75) is 6.42 Å². The Morgan fingerprint density at radius 1 is 0.889 bits per heavy atom. The number of nitrogens with one attached hydrogen (secondary N) is 1. The molecule has 3 aromatic rings. The lowest BCUT2D eigenvalue weighted by Gasteiger charge is -2.03. The van der Waals surface area contributed by atoms with Gasteiger partial charge in [-0.05, 0) is 23.1 Å². The van der Waals surface area contributed by atoms with Crippen molar-refractivity contribution < 1.29 is 0 Å². The van der Waals surface area contributed by atoms with Crippen LogP contribution in [0.2, 0.25) is 0 Å². The molecule has 0 radical (unpaired) electrons. The van der Waals surface area contributed by atoms with Crippen LogP contribution >= 0.6 is 0 Å². The minimum atomic E-state index is -0.00227. The van der Waals surface area contributed by atoms with E-state index in [1.807, 2.05) is 60.7 Å².